The summed E-state index contributed by atoms with van der Waals surface area (Å²) < 4.78 is 10.3. The molecule has 10 heteroatoms. The quantitative estimate of drug-likeness (QED) is 0.528. The monoisotopic (exact) mass is 388 g/mol. The fourth-order valence-electron chi connectivity index (χ4n) is 2.28. The van der Waals surface area contributed by atoms with E-state index in [9.17, 15) is 4.79 Å². The molecule has 0 saturated carbocycles. The number of rotatable bonds is 5. The average molecular weight is 389 g/mol. The molecule has 3 aromatic heterocycles. The second-order valence-electron chi connectivity index (χ2n) is 5.12. The van der Waals surface area contributed by atoms with Crippen molar-refractivity contribution < 1.29 is 4.79 Å². The zero-order valence-electron chi connectivity index (χ0n) is 13.0. The van der Waals surface area contributed by atoms with Gasteiger partial charge in [0.2, 0.25) is 5.91 Å². The van der Waals surface area contributed by atoms with E-state index in [1.54, 1.807) is 11.3 Å². The van der Waals surface area contributed by atoms with E-state index < -0.39 is 0 Å². The molecule has 25 heavy (non-hydrogen) atoms. The average Bonchev–Trinajstić information content (AvgIpc) is 3.34. The van der Waals surface area contributed by atoms with Gasteiger partial charge in [-0.25, -0.2) is 0 Å². The maximum Gasteiger partial charge on any atom is 0.234 e. The second kappa shape index (κ2) is 6.90. The van der Waals surface area contributed by atoms with Crippen molar-refractivity contribution in [2.24, 2.45) is 7.05 Å². The number of carbonyl (C=O) groups excluding carboxylic acids is 1. The topological polar surface area (TPSA) is 85.6 Å². The van der Waals surface area contributed by atoms with Gasteiger partial charge in [-0.05, 0) is 23.6 Å². The summed E-state index contributed by atoms with van der Waals surface area (Å²) in [5.74, 6) is 0.923. The molecule has 126 valence electrons. The molecule has 0 aliphatic heterocycles. The number of benzene rings is 1. The number of hydrogen-bond acceptors (Lipinski definition) is 8. The molecule has 0 atom stereocenters. The third kappa shape index (κ3) is 3.28. The summed E-state index contributed by atoms with van der Waals surface area (Å²) in [5.41, 5.74) is 2.17. The normalized spacial score (nSPS) is 11.1. The Labute approximate surface area is 155 Å². The highest BCUT2D eigenvalue weighted by Crippen LogP contribution is 2.26. The SMILES string of the molecule is Cn1c(SCC(=O)Nc2cccc3nsnc23)nnc1-c1cccs1. The molecule has 0 fully saturated rings. The van der Waals surface area contributed by atoms with Crippen molar-refractivity contribution in [2.45, 2.75) is 5.16 Å². The van der Waals surface area contributed by atoms with Crippen molar-refractivity contribution in [1.29, 1.82) is 0 Å². The Hall–Kier alpha value is -2.30. The van der Waals surface area contributed by atoms with Crippen LogP contribution in [-0.4, -0.2) is 35.2 Å². The molecule has 0 aliphatic carbocycles. The zero-order valence-corrected chi connectivity index (χ0v) is 15.5. The molecule has 4 rings (SSSR count). The summed E-state index contributed by atoms with van der Waals surface area (Å²) in [6.45, 7) is 0. The van der Waals surface area contributed by atoms with Gasteiger partial charge in [0.1, 0.15) is 11.0 Å². The first-order valence-electron chi connectivity index (χ1n) is 7.29. The number of amides is 1. The Kier molecular flexibility index (Phi) is 4.47. The van der Waals surface area contributed by atoms with Gasteiger partial charge in [-0.1, -0.05) is 23.9 Å². The van der Waals surface area contributed by atoms with Crippen molar-refractivity contribution in [1.82, 2.24) is 23.5 Å². The van der Waals surface area contributed by atoms with Gasteiger partial charge in [-0.3, -0.25) is 4.79 Å². The number of thioether (sulfide) groups is 1. The van der Waals surface area contributed by atoms with Gasteiger partial charge in [-0.15, -0.1) is 21.5 Å². The minimum absolute atomic E-state index is 0.119. The van der Waals surface area contributed by atoms with Crippen LogP contribution in [0.1, 0.15) is 0 Å². The Morgan fingerprint density at radius 3 is 3.00 bits per heavy atom. The van der Waals surface area contributed by atoms with E-state index >= 15 is 0 Å². The molecular weight excluding hydrogens is 376 g/mol. The molecule has 1 N–H and O–H groups in total. The van der Waals surface area contributed by atoms with Crippen LogP contribution in [-0.2, 0) is 11.8 Å². The first-order valence-corrected chi connectivity index (χ1v) is 9.89. The fourth-order valence-corrected chi connectivity index (χ4v) is 4.29. The summed E-state index contributed by atoms with van der Waals surface area (Å²) in [6.07, 6.45) is 0. The lowest BCUT2D eigenvalue weighted by Crippen LogP contribution is -2.14. The third-order valence-corrected chi connectivity index (χ3v) is 5.90. The predicted molar refractivity (Wildman–Crippen MR) is 101 cm³/mol. The van der Waals surface area contributed by atoms with Gasteiger partial charge in [0.25, 0.3) is 0 Å². The first-order chi connectivity index (χ1) is 12.2. The third-order valence-electron chi connectivity index (χ3n) is 3.47. The fraction of sp³-hybridized carbons (Fsp3) is 0.133. The van der Waals surface area contributed by atoms with Crippen molar-refractivity contribution >= 4 is 57.5 Å². The maximum absolute atomic E-state index is 12.3. The largest absolute Gasteiger partial charge is 0.323 e. The second-order valence-corrected chi connectivity index (χ2v) is 7.54. The van der Waals surface area contributed by atoms with Crippen LogP contribution in [0.4, 0.5) is 5.69 Å². The summed E-state index contributed by atoms with van der Waals surface area (Å²) in [6, 6.07) is 9.52. The van der Waals surface area contributed by atoms with E-state index in [1.165, 1.54) is 11.8 Å². The maximum atomic E-state index is 12.3. The zero-order chi connectivity index (χ0) is 17.2. The van der Waals surface area contributed by atoms with Crippen LogP contribution in [0.2, 0.25) is 0 Å². The van der Waals surface area contributed by atoms with Gasteiger partial charge in [-0.2, -0.15) is 8.75 Å². The Morgan fingerprint density at radius 1 is 1.24 bits per heavy atom. The van der Waals surface area contributed by atoms with Crippen molar-refractivity contribution in [3.8, 4) is 10.7 Å². The molecule has 0 saturated heterocycles. The number of carbonyl (C=O) groups is 1. The van der Waals surface area contributed by atoms with E-state index in [4.69, 9.17) is 0 Å². The summed E-state index contributed by atoms with van der Waals surface area (Å²) in [7, 11) is 1.90. The van der Waals surface area contributed by atoms with Crippen molar-refractivity contribution in [2.75, 3.05) is 11.1 Å². The molecule has 1 amide bonds. The number of fused-ring (bicyclic) bond motifs is 1. The highest BCUT2D eigenvalue weighted by Gasteiger charge is 2.14. The summed E-state index contributed by atoms with van der Waals surface area (Å²) >= 11 is 4.09. The van der Waals surface area contributed by atoms with Crippen LogP contribution >= 0.6 is 34.8 Å². The van der Waals surface area contributed by atoms with E-state index in [2.05, 4.69) is 24.3 Å². The smallest absolute Gasteiger partial charge is 0.234 e. The molecule has 0 bridgehead atoms. The lowest BCUT2D eigenvalue weighted by Gasteiger charge is -2.05. The van der Waals surface area contributed by atoms with Gasteiger partial charge >= 0.3 is 0 Å². The Morgan fingerprint density at radius 2 is 2.16 bits per heavy atom. The van der Waals surface area contributed by atoms with Crippen LogP contribution in [0.15, 0.2) is 40.9 Å². The molecule has 0 spiro atoms. The van der Waals surface area contributed by atoms with E-state index in [0.29, 0.717) is 16.4 Å². The number of aromatic nitrogens is 5. The van der Waals surface area contributed by atoms with Gasteiger partial charge < -0.3 is 9.88 Å². The summed E-state index contributed by atoms with van der Waals surface area (Å²) in [5, 5.41) is 14.0. The van der Waals surface area contributed by atoms with E-state index in [1.807, 2.05) is 47.3 Å². The van der Waals surface area contributed by atoms with Crippen molar-refractivity contribution in [3.05, 3.63) is 35.7 Å². The van der Waals surface area contributed by atoms with Gasteiger partial charge in [0.15, 0.2) is 11.0 Å². The van der Waals surface area contributed by atoms with Crippen LogP contribution < -0.4 is 5.32 Å². The summed E-state index contributed by atoms with van der Waals surface area (Å²) in [4.78, 5) is 13.3. The molecule has 1 aromatic carbocycles. The molecular formula is C15H12N6OS3. The van der Waals surface area contributed by atoms with Crippen molar-refractivity contribution in [3.63, 3.8) is 0 Å². The highest BCUT2D eigenvalue weighted by molar-refractivity contribution is 7.99. The number of nitrogens with zero attached hydrogens (tertiary/aromatic N) is 5. The lowest BCUT2D eigenvalue weighted by molar-refractivity contribution is -0.113. The van der Waals surface area contributed by atoms with Crippen LogP contribution in [0, 0.1) is 0 Å². The van der Waals surface area contributed by atoms with Crippen LogP contribution in [0.3, 0.4) is 0 Å². The number of hydrogen-bond donors (Lipinski definition) is 1. The molecule has 0 radical (unpaired) electrons. The Balaban J connectivity index is 1.43. The molecule has 0 aliphatic rings. The molecule has 7 nitrogen and oxygen atoms in total. The minimum atomic E-state index is -0.119. The van der Waals surface area contributed by atoms with E-state index in [0.717, 1.165) is 27.9 Å². The van der Waals surface area contributed by atoms with Crippen LogP contribution in [0.25, 0.3) is 21.7 Å². The van der Waals surface area contributed by atoms with Gasteiger partial charge in [0.05, 0.1) is 28.0 Å². The predicted octanol–water partition coefficient (Wildman–Crippen LogP) is 3.28. The minimum Gasteiger partial charge on any atom is -0.323 e. The molecule has 3 heterocycles. The number of nitrogens with one attached hydrogen (secondary N) is 1. The number of anilines is 1. The molecule has 4 aromatic rings. The first kappa shape index (κ1) is 16.2. The standard InChI is InChI=1S/C15H12N6OS3/c1-21-14(11-6-3-7-23-11)17-18-15(21)24-8-12(22)16-9-4-2-5-10-13(9)20-25-19-10/h2-7H,8H2,1H3,(H,16,22). The Bertz CT molecular complexity index is 1020. The highest BCUT2D eigenvalue weighted by atomic mass is 32.2. The molecule has 0 unspecified atom stereocenters. The van der Waals surface area contributed by atoms with Gasteiger partial charge in [0, 0.05) is 7.05 Å². The number of thiophene rings is 1. The van der Waals surface area contributed by atoms with E-state index in [-0.39, 0.29) is 11.7 Å². The lowest BCUT2D eigenvalue weighted by atomic mass is 10.2. The van der Waals surface area contributed by atoms with Crippen LogP contribution in [0.5, 0.6) is 0 Å².